The van der Waals surface area contributed by atoms with Gasteiger partial charge < -0.3 is 10.2 Å². The first kappa shape index (κ1) is 21.3. The second kappa shape index (κ2) is 9.04. The van der Waals surface area contributed by atoms with Gasteiger partial charge in [0.25, 0.3) is 5.91 Å². The van der Waals surface area contributed by atoms with Gasteiger partial charge in [0.2, 0.25) is 5.91 Å². The van der Waals surface area contributed by atoms with Crippen LogP contribution >= 0.6 is 23.2 Å². The highest BCUT2D eigenvalue weighted by Crippen LogP contribution is 2.24. The number of amides is 2. The van der Waals surface area contributed by atoms with E-state index >= 15 is 0 Å². The number of pyridine rings is 1. The molecule has 1 N–H and O–H groups in total. The van der Waals surface area contributed by atoms with Crippen molar-refractivity contribution in [2.24, 2.45) is 0 Å². The average Bonchev–Trinajstić information content (AvgIpc) is 3.10. The van der Waals surface area contributed by atoms with Gasteiger partial charge in [-0.3, -0.25) is 14.6 Å². The molecule has 1 unspecified atom stereocenters. The Hall–Kier alpha value is -2.96. The van der Waals surface area contributed by atoms with Gasteiger partial charge in [-0.1, -0.05) is 29.3 Å². The van der Waals surface area contributed by atoms with Crippen molar-refractivity contribution in [2.75, 3.05) is 6.54 Å². The minimum Gasteiger partial charge on any atom is -0.340 e. The zero-order valence-corrected chi connectivity index (χ0v) is 17.8. The number of likely N-dealkylation sites (tertiary alicyclic amines) is 1. The van der Waals surface area contributed by atoms with Crippen LogP contribution in [-0.2, 0) is 11.3 Å². The summed E-state index contributed by atoms with van der Waals surface area (Å²) in [5.41, 5.74) is 2.59. The number of rotatable bonds is 5. The number of benzene rings is 2. The van der Waals surface area contributed by atoms with Crippen molar-refractivity contribution in [1.82, 2.24) is 15.2 Å². The third-order valence-corrected chi connectivity index (χ3v) is 5.86. The molecule has 2 heterocycles. The SMILES string of the molecule is O=C(NC1CCN(Cc2ccc(Cl)c(Cl)c2)C1=O)c1ccc(-c2ccc(F)cc2)nc1. The fourth-order valence-electron chi connectivity index (χ4n) is 3.45. The van der Waals surface area contributed by atoms with Crippen LogP contribution < -0.4 is 5.32 Å². The van der Waals surface area contributed by atoms with E-state index in [0.717, 1.165) is 11.1 Å². The topological polar surface area (TPSA) is 62.3 Å². The second-order valence-electron chi connectivity index (χ2n) is 7.26. The lowest BCUT2D eigenvalue weighted by Gasteiger charge is -2.17. The molecule has 158 valence electrons. The number of nitrogens with zero attached hydrogens (tertiary/aromatic N) is 2. The van der Waals surface area contributed by atoms with Crippen LogP contribution in [0.15, 0.2) is 60.8 Å². The summed E-state index contributed by atoms with van der Waals surface area (Å²) in [7, 11) is 0. The normalized spacial score (nSPS) is 15.9. The standard InChI is InChI=1S/C23H18Cl2FN3O2/c24-18-7-1-14(11-19(18)25)13-29-10-9-21(23(29)31)28-22(30)16-4-8-20(27-12-16)15-2-5-17(26)6-3-15/h1-8,11-12,21H,9-10,13H2,(H,28,30). The highest BCUT2D eigenvalue weighted by Gasteiger charge is 2.32. The van der Waals surface area contributed by atoms with E-state index in [1.54, 1.807) is 41.3 Å². The summed E-state index contributed by atoms with van der Waals surface area (Å²) in [4.78, 5) is 31.2. The van der Waals surface area contributed by atoms with E-state index < -0.39 is 6.04 Å². The summed E-state index contributed by atoms with van der Waals surface area (Å²) in [5.74, 6) is -0.836. The lowest BCUT2D eigenvalue weighted by atomic mass is 10.1. The predicted molar refractivity (Wildman–Crippen MR) is 117 cm³/mol. The summed E-state index contributed by atoms with van der Waals surface area (Å²) < 4.78 is 13.1. The van der Waals surface area contributed by atoms with Crippen molar-refractivity contribution in [3.05, 3.63) is 87.8 Å². The van der Waals surface area contributed by atoms with Crippen molar-refractivity contribution < 1.29 is 14.0 Å². The van der Waals surface area contributed by atoms with Crippen LogP contribution in [0.3, 0.4) is 0 Å². The molecule has 0 aliphatic carbocycles. The maximum atomic E-state index is 13.1. The van der Waals surface area contributed by atoms with Crippen LogP contribution in [-0.4, -0.2) is 34.3 Å². The van der Waals surface area contributed by atoms with Gasteiger partial charge in [0.05, 0.1) is 21.3 Å². The number of halogens is 3. The van der Waals surface area contributed by atoms with Gasteiger partial charge >= 0.3 is 0 Å². The highest BCUT2D eigenvalue weighted by atomic mass is 35.5. The third kappa shape index (κ3) is 4.86. The summed E-state index contributed by atoms with van der Waals surface area (Å²) >= 11 is 12.0. The van der Waals surface area contributed by atoms with Gasteiger partial charge in [0.1, 0.15) is 11.9 Å². The Morgan fingerprint density at radius 3 is 2.55 bits per heavy atom. The minimum absolute atomic E-state index is 0.143. The molecule has 2 aromatic carbocycles. The lowest BCUT2D eigenvalue weighted by Crippen LogP contribution is -2.41. The molecule has 1 saturated heterocycles. The molecule has 1 aliphatic heterocycles. The van der Waals surface area contributed by atoms with Gasteiger partial charge in [-0.25, -0.2) is 4.39 Å². The fraction of sp³-hybridized carbons (Fsp3) is 0.174. The van der Waals surface area contributed by atoms with Crippen molar-refractivity contribution in [3.63, 3.8) is 0 Å². The molecule has 8 heteroatoms. The van der Waals surface area contributed by atoms with Gasteiger partial charge in [0.15, 0.2) is 0 Å². The molecule has 31 heavy (non-hydrogen) atoms. The third-order valence-electron chi connectivity index (χ3n) is 5.13. The Morgan fingerprint density at radius 2 is 1.87 bits per heavy atom. The van der Waals surface area contributed by atoms with E-state index in [1.807, 2.05) is 6.07 Å². The van der Waals surface area contributed by atoms with Crippen molar-refractivity contribution in [2.45, 2.75) is 19.0 Å². The Bertz CT molecular complexity index is 1120. The molecule has 1 aliphatic rings. The van der Waals surface area contributed by atoms with E-state index in [0.29, 0.717) is 40.8 Å². The Kier molecular flexibility index (Phi) is 6.20. The highest BCUT2D eigenvalue weighted by molar-refractivity contribution is 6.42. The molecule has 1 aromatic heterocycles. The first-order valence-electron chi connectivity index (χ1n) is 9.66. The Balaban J connectivity index is 1.37. The maximum absolute atomic E-state index is 13.1. The molecule has 2 amide bonds. The van der Waals surface area contributed by atoms with Crippen LogP contribution in [0.4, 0.5) is 4.39 Å². The molecule has 4 rings (SSSR count). The Labute approximate surface area is 188 Å². The number of carbonyl (C=O) groups excluding carboxylic acids is 2. The zero-order chi connectivity index (χ0) is 22.0. The molecule has 5 nitrogen and oxygen atoms in total. The van der Waals surface area contributed by atoms with E-state index in [4.69, 9.17) is 23.2 Å². The second-order valence-corrected chi connectivity index (χ2v) is 8.08. The minimum atomic E-state index is -0.591. The number of nitrogens with one attached hydrogen (secondary N) is 1. The largest absolute Gasteiger partial charge is 0.340 e. The fourth-order valence-corrected chi connectivity index (χ4v) is 3.77. The average molecular weight is 458 g/mol. The van der Waals surface area contributed by atoms with Crippen LogP contribution in [0.5, 0.6) is 0 Å². The zero-order valence-electron chi connectivity index (χ0n) is 16.3. The molecule has 0 saturated carbocycles. The van der Waals surface area contributed by atoms with Crippen molar-refractivity contribution in [1.29, 1.82) is 0 Å². The lowest BCUT2D eigenvalue weighted by molar-refractivity contribution is -0.129. The molecule has 0 radical (unpaired) electrons. The van der Waals surface area contributed by atoms with Gasteiger partial charge in [-0.05, 0) is 60.5 Å². The molecule has 1 fully saturated rings. The van der Waals surface area contributed by atoms with Gasteiger partial charge in [-0.2, -0.15) is 0 Å². The van der Waals surface area contributed by atoms with Crippen molar-refractivity contribution >= 4 is 35.0 Å². The molecule has 1 atom stereocenters. The first-order chi connectivity index (χ1) is 14.9. The monoisotopic (exact) mass is 457 g/mol. The molecular weight excluding hydrogens is 440 g/mol. The van der Waals surface area contributed by atoms with Crippen molar-refractivity contribution in [3.8, 4) is 11.3 Å². The van der Waals surface area contributed by atoms with Crippen LogP contribution in [0, 0.1) is 5.82 Å². The number of carbonyl (C=O) groups is 2. The molecular formula is C23H18Cl2FN3O2. The van der Waals surface area contributed by atoms with Crippen LogP contribution in [0.2, 0.25) is 10.0 Å². The van der Waals surface area contributed by atoms with Gasteiger partial charge in [0, 0.05) is 24.8 Å². The van der Waals surface area contributed by atoms with E-state index in [1.165, 1.54) is 18.3 Å². The quantitative estimate of drug-likeness (QED) is 0.602. The molecule has 0 bridgehead atoms. The Morgan fingerprint density at radius 1 is 1.10 bits per heavy atom. The maximum Gasteiger partial charge on any atom is 0.253 e. The molecule has 3 aromatic rings. The van der Waals surface area contributed by atoms with E-state index in [9.17, 15) is 14.0 Å². The van der Waals surface area contributed by atoms with E-state index in [2.05, 4.69) is 10.3 Å². The predicted octanol–water partition coefficient (Wildman–Crippen LogP) is 4.73. The molecule has 0 spiro atoms. The van der Waals surface area contributed by atoms with Crippen LogP contribution in [0.1, 0.15) is 22.3 Å². The van der Waals surface area contributed by atoms with E-state index in [-0.39, 0.29) is 17.6 Å². The number of aromatic nitrogens is 1. The summed E-state index contributed by atoms with van der Waals surface area (Å²) in [6, 6.07) is 13.9. The van der Waals surface area contributed by atoms with Crippen LogP contribution in [0.25, 0.3) is 11.3 Å². The van der Waals surface area contributed by atoms with Gasteiger partial charge in [-0.15, -0.1) is 0 Å². The summed E-state index contributed by atoms with van der Waals surface area (Å²) in [6.07, 6.45) is 1.97. The summed E-state index contributed by atoms with van der Waals surface area (Å²) in [5, 5.41) is 3.68. The number of hydrogen-bond donors (Lipinski definition) is 1. The smallest absolute Gasteiger partial charge is 0.253 e. The first-order valence-corrected chi connectivity index (χ1v) is 10.4. The summed E-state index contributed by atoms with van der Waals surface area (Å²) in [6.45, 7) is 0.932. The number of hydrogen-bond acceptors (Lipinski definition) is 3.